The number of fused-ring (bicyclic) bond motifs is 1. The summed E-state index contributed by atoms with van der Waals surface area (Å²) in [6.45, 7) is 0. The Labute approximate surface area is 128 Å². The first-order valence-corrected chi connectivity index (χ1v) is 5.93. The largest absolute Gasteiger partial charge is 0.547 e. The van der Waals surface area contributed by atoms with E-state index in [2.05, 4.69) is 4.72 Å². The Morgan fingerprint density at radius 2 is 1.59 bits per heavy atom. The van der Waals surface area contributed by atoms with Gasteiger partial charge in [0.1, 0.15) is 10.0 Å². The maximum atomic E-state index is 11.6. The van der Waals surface area contributed by atoms with E-state index < -0.39 is 10.0 Å². The fourth-order valence-corrected chi connectivity index (χ4v) is 2.43. The van der Waals surface area contributed by atoms with Gasteiger partial charge in [-0.15, -0.1) is 0 Å². The molecule has 0 spiro atoms. The minimum Gasteiger partial charge on any atom is -0.547 e. The molecule has 2 rings (SSSR count). The Bertz CT molecular complexity index is 591. The second-order valence-electron chi connectivity index (χ2n) is 3.13. The van der Waals surface area contributed by atoms with E-state index in [4.69, 9.17) is 0 Å². The fourth-order valence-electron chi connectivity index (χ4n) is 1.52. The van der Waals surface area contributed by atoms with Gasteiger partial charge in [0, 0.05) is 32.7 Å². The summed E-state index contributed by atoms with van der Waals surface area (Å²) in [5.41, 5.74) is 0. The van der Waals surface area contributed by atoms with Crippen molar-refractivity contribution >= 4 is 20.8 Å². The number of sulfonamides is 1. The van der Waals surface area contributed by atoms with Gasteiger partial charge in [0.15, 0.2) is 0 Å². The van der Waals surface area contributed by atoms with Crippen LogP contribution in [-0.2, 0) is 42.7 Å². The van der Waals surface area contributed by atoms with Crippen LogP contribution in [0.2, 0.25) is 0 Å². The van der Waals surface area contributed by atoms with Gasteiger partial charge in [-0.2, -0.15) is 7.05 Å². The molecule has 0 saturated carbocycles. The second-order valence-corrected chi connectivity index (χ2v) is 4.89. The summed E-state index contributed by atoms with van der Waals surface area (Å²) in [6.07, 6.45) is 0. The van der Waals surface area contributed by atoms with Crippen LogP contribution in [-0.4, -0.2) is 15.5 Å². The van der Waals surface area contributed by atoms with E-state index in [9.17, 15) is 8.42 Å². The molecule has 0 heterocycles. The molecule has 0 atom stereocenters. The maximum Gasteiger partial charge on any atom is 0.101 e. The molecule has 1 radical (unpaired) electrons. The fraction of sp³-hybridized carbons (Fsp3) is 0.0833. The molecule has 2 aromatic carbocycles. The third kappa shape index (κ3) is 3.35. The van der Waals surface area contributed by atoms with E-state index in [1.807, 2.05) is 24.3 Å². The molecule has 0 saturated heterocycles. The van der Waals surface area contributed by atoms with Gasteiger partial charge < -0.3 is 12.1 Å². The predicted octanol–water partition coefficient (Wildman–Crippen LogP) is 2.98. The van der Waals surface area contributed by atoms with Gasteiger partial charge in [0.25, 0.3) is 0 Å². The standard InChI is InChI=1S/C11H10NO2S.CH3.Y/c1-12-15(13,14)11-8-4-6-9-5-2-3-7-10(9)11;;/h2-8H,1H3;1H3;/q2*-1;. The summed E-state index contributed by atoms with van der Waals surface area (Å²) in [5, 5.41) is 1.62. The molecule has 0 aliphatic rings. The summed E-state index contributed by atoms with van der Waals surface area (Å²) in [6, 6.07) is 12.5. The first-order chi connectivity index (χ1) is 7.15. The van der Waals surface area contributed by atoms with Crippen molar-refractivity contribution in [1.29, 1.82) is 0 Å². The second kappa shape index (κ2) is 6.59. The molecule has 0 aliphatic carbocycles. The maximum absolute atomic E-state index is 11.6. The third-order valence-electron chi connectivity index (χ3n) is 2.27. The van der Waals surface area contributed by atoms with Gasteiger partial charge >= 0.3 is 0 Å². The van der Waals surface area contributed by atoms with Gasteiger partial charge in [-0.1, -0.05) is 36.4 Å². The Hall–Kier alpha value is -0.286. The average Bonchev–Trinajstić information content (AvgIpc) is 2.28. The van der Waals surface area contributed by atoms with Gasteiger partial charge in [-0.25, -0.2) is 8.42 Å². The van der Waals surface area contributed by atoms with E-state index in [0.717, 1.165) is 5.39 Å². The molecule has 5 heteroatoms. The SMILES string of the molecule is C[N-]S(=O)(=O)c1cccc2ccccc12.[CH3-].[Y]. The number of hydrogen-bond donors (Lipinski definition) is 0. The molecule has 0 aromatic heterocycles. The van der Waals surface area contributed by atoms with E-state index in [1.54, 1.807) is 18.2 Å². The number of rotatable bonds is 2. The number of hydrogen-bond acceptors (Lipinski definition) is 2. The molecule has 89 valence electrons. The van der Waals surface area contributed by atoms with Gasteiger partial charge in [-0.05, 0) is 16.8 Å². The van der Waals surface area contributed by atoms with Crippen LogP contribution in [0.3, 0.4) is 0 Å². The van der Waals surface area contributed by atoms with Crippen molar-refractivity contribution in [1.82, 2.24) is 0 Å². The van der Waals surface area contributed by atoms with Gasteiger partial charge in [-0.3, -0.25) is 0 Å². The van der Waals surface area contributed by atoms with Crippen molar-refractivity contribution in [3.63, 3.8) is 0 Å². The van der Waals surface area contributed by atoms with E-state index in [0.29, 0.717) is 5.39 Å². The molecule has 0 N–H and O–H groups in total. The van der Waals surface area contributed by atoms with Crippen LogP contribution in [0.1, 0.15) is 0 Å². The predicted molar refractivity (Wildman–Crippen MR) is 66.8 cm³/mol. The van der Waals surface area contributed by atoms with Gasteiger partial charge in [0.05, 0.1) is 4.90 Å². The quantitative estimate of drug-likeness (QED) is 0.798. The monoisotopic (exact) mass is 324 g/mol. The Morgan fingerprint density at radius 1 is 1.00 bits per heavy atom. The molecule has 0 unspecified atom stereocenters. The molecule has 3 nitrogen and oxygen atoms in total. The number of nitrogens with zero attached hydrogens (tertiary/aromatic N) is 1. The van der Waals surface area contributed by atoms with Gasteiger partial charge in [0.2, 0.25) is 0 Å². The van der Waals surface area contributed by atoms with Crippen LogP contribution in [0, 0.1) is 7.43 Å². The van der Waals surface area contributed by atoms with Crippen LogP contribution in [0.4, 0.5) is 0 Å². The molecule has 0 aliphatic heterocycles. The summed E-state index contributed by atoms with van der Waals surface area (Å²) in [7, 11) is -2.21. The smallest absolute Gasteiger partial charge is 0.101 e. The molecular formula is C12H13NO2SY-2. The van der Waals surface area contributed by atoms with Crippen LogP contribution in [0.25, 0.3) is 15.5 Å². The average molecular weight is 324 g/mol. The van der Waals surface area contributed by atoms with Crippen LogP contribution < -0.4 is 0 Å². The molecule has 0 amide bonds. The van der Waals surface area contributed by atoms with Crippen molar-refractivity contribution in [3.05, 3.63) is 54.6 Å². The summed E-state index contributed by atoms with van der Waals surface area (Å²) in [5.74, 6) is 0. The summed E-state index contributed by atoms with van der Waals surface area (Å²) >= 11 is 0. The Kier molecular flexibility index (Phi) is 6.48. The third-order valence-corrected chi connectivity index (χ3v) is 3.66. The van der Waals surface area contributed by atoms with E-state index >= 15 is 0 Å². The summed E-state index contributed by atoms with van der Waals surface area (Å²) in [4.78, 5) is 0.267. The first kappa shape index (κ1) is 16.7. The molecule has 0 bridgehead atoms. The Morgan fingerprint density at radius 3 is 2.24 bits per heavy atom. The van der Waals surface area contributed by atoms with Crippen molar-refractivity contribution in [2.45, 2.75) is 4.90 Å². The van der Waals surface area contributed by atoms with Crippen molar-refractivity contribution in [3.8, 4) is 0 Å². The zero-order valence-electron chi connectivity index (χ0n) is 9.79. The molecule has 17 heavy (non-hydrogen) atoms. The molecule has 2 aromatic rings. The Balaban J connectivity index is 0.00000128. The number of benzene rings is 2. The van der Waals surface area contributed by atoms with Crippen molar-refractivity contribution < 1.29 is 41.1 Å². The summed E-state index contributed by atoms with van der Waals surface area (Å²) < 4.78 is 26.7. The van der Waals surface area contributed by atoms with Crippen molar-refractivity contribution in [2.24, 2.45) is 0 Å². The normalized spacial score (nSPS) is 10.4. The molecule has 0 fully saturated rings. The van der Waals surface area contributed by atoms with E-state index in [-0.39, 0.29) is 45.0 Å². The first-order valence-electron chi connectivity index (χ1n) is 4.49. The minimum atomic E-state index is -3.50. The zero-order valence-corrected chi connectivity index (χ0v) is 13.4. The van der Waals surface area contributed by atoms with E-state index in [1.165, 1.54) is 7.05 Å². The molecular weight excluding hydrogens is 311 g/mol. The topological polar surface area (TPSA) is 48.2 Å². The van der Waals surface area contributed by atoms with Crippen LogP contribution >= 0.6 is 0 Å². The van der Waals surface area contributed by atoms with Crippen molar-refractivity contribution in [2.75, 3.05) is 7.05 Å². The van der Waals surface area contributed by atoms with Crippen LogP contribution in [0.15, 0.2) is 47.4 Å². The van der Waals surface area contributed by atoms with Crippen LogP contribution in [0.5, 0.6) is 0 Å². The minimum absolute atomic E-state index is 0. The zero-order chi connectivity index (χ0) is 10.9.